The topological polar surface area (TPSA) is 106 Å². The highest BCUT2D eigenvalue weighted by Gasteiger charge is 2.25. The van der Waals surface area contributed by atoms with Gasteiger partial charge in [-0.1, -0.05) is 0 Å². The van der Waals surface area contributed by atoms with Gasteiger partial charge in [0, 0.05) is 12.1 Å². The zero-order valence-electron chi connectivity index (χ0n) is 17.4. The second-order valence-corrected chi connectivity index (χ2v) is 6.03. The van der Waals surface area contributed by atoms with E-state index in [2.05, 4.69) is 0 Å². The summed E-state index contributed by atoms with van der Waals surface area (Å²) in [6.45, 7) is 0. The van der Waals surface area contributed by atoms with E-state index in [9.17, 15) is 9.90 Å². The molecule has 160 valence electrons. The fourth-order valence-electron chi connectivity index (χ4n) is 3.26. The van der Waals surface area contributed by atoms with Crippen LogP contribution in [-0.4, -0.2) is 47.8 Å². The van der Waals surface area contributed by atoms with Crippen molar-refractivity contribution in [2.24, 2.45) is 0 Å². The third-order valence-corrected chi connectivity index (χ3v) is 4.59. The zero-order valence-corrected chi connectivity index (χ0v) is 17.4. The molecule has 1 N–H and O–H groups in total. The molecule has 1 aromatic heterocycles. The van der Waals surface area contributed by atoms with Crippen molar-refractivity contribution in [2.75, 3.05) is 42.7 Å². The van der Waals surface area contributed by atoms with Gasteiger partial charge < -0.3 is 37.9 Å². The molecule has 0 amide bonds. The van der Waals surface area contributed by atoms with Gasteiger partial charge in [0.1, 0.15) is 16.7 Å². The molecule has 0 unspecified atom stereocenters. The average Bonchev–Trinajstić information content (AvgIpc) is 2.76. The Labute approximate surface area is 172 Å². The summed E-state index contributed by atoms with van der Waals surface area (Å²) in [5.41, 5.74) is 0.00392. The van der Waals surface area contributed by atoms with Crippen LogP contribution in [0.4, 0.5) is 0 Å². The molecular weight excluding hydrogens is 396 g/mol. The predicted octanol–water partition coefficient (Wildman–Crippen LogP) is 3.22. The van der Waals surface area contributed by atoms with Crippen LogP contribution in [0.2, 0.25) is 0 Å². The smallest absolute Gasteiger partial charge is 0.208 e. The Kier molecular flexibility index (Phi) is 5.81. The van der Waals surface area contributed by atoms with Gasteiger partial charge in [-0.05, 0) is 6.07 Å². The molecule has 9 nitrogen and oxygen atoms in total. The van der Waals surface area contributed by atoms with Crippen LogP contribution in [0.1, 0.15) is 0 Å². The minimum atomic E-state index is -0.486. The minimum absolute atomic E-state index is 0.0374. The molecule has 0 aliphatic carbocycles. The lowest BCUT2D eigenvalue weighted by Gasteiger charge is -2.18. The predicted molar refractivity (Wildman–Crippen MR) is 109 cm³/mol. The van der Waals surface area contributed by atoms with E-state index < -0.39 is 5.43 Å². The molecule has 0 saturated carbocycles. The van der Waals surface area contributed by atoms with Crippen LogP contribution in [0.5, 0.6) is 40.2 Å². The quantitative estimate of drug-likeness (QED) is 0.619. The second-order valence-electron chi connectivity index (χ2n) is 6.03. The fourth-order valence-corrected chi connectivity index (χ4v) is 3.26. The van der Waals surface area contributed by atoms with Crippen molar-refractivity contribution in [3.05, 3.63) is 28.4 Å². The summed E-state index contributed by atoms with van der Waals surface area (Å²) in [7, 11) is 8.62. The Morgan fingerprint density at radius 2 is 1.27 bits per heavy atom. The van der Waals surface area contributed by atoms with E-state index in [0.29, 0.717) is 17.1 Å². The van der Waals surface area contributed by atoms with Crippen LogP contribution >= 0.6 is 0 Å². The van der Waals surface area contributed by atoms with Gasteiger partial charge in [0.2, 0.25) is 17.2 Å². The summed E-state index contributed by atoms with van der Waals surface area (Å²) in [6.07, 6.45) is 0. The maximum absolute atomic E-state index is 12.8. The number of phenols is 1. The number of aromatic hydroxyl groups is 1. The SMILES string of the molecule is COc1cc(-c2cc(=O)c3c(O)c(OC)c(OC)cc3o2)c(OC)c(OC)c1OC. The van der Waals surface area contributed by atoms with Gasteiger partial charge in [0.25, 0.3) is 0 Å². The lowest BCUT2D eigenvalue weighted by Crippen LogP contribution is -2.04. The van der Waals surface area contributed by atoms with Crippen molar-refractivity contribution >= 4 is 11.0 Å². The molecule has 0 atom stereocenters. The highest BCUT2D eigenvalue weighted by atomic mass is 16.5. The molecule has 0 aliphatic rings. The lowest BCUT2D eigenvalue weighted by molar-refractivity contribution is 0.306. The van der Waals surface area contributed by atoms with Gasteiger partial charge in [-0.2, -0.15) is 0 Å². The minimum Gasteiger partial charge on any atom is -0.504 e. The van der Waals surface area contributed by atoms with Gasteiger partial charge >= 0.3 is 0 Å². The molecule has 1 heterocycles. The summed E-state index contributed by atoms with van der Waals surface area (Å²) < 4.78 is 38.0. The largest absolute Gasteiger partial charge is 0.504 e. The summed E-state index contributed by atoms with van der Waals surface area (Å²) in [4.78, 5) is 12.8. The summed E-state index contributed by atoms with van der Waals surface area (Å²) in [5.74, 6) is 1.26. The second kappa shape index (κ2) is 8.32. The number of rotatable bonds is 7. The molecule has 0 spiro atoms. The normalized spacial score (nSPS) is 10.6. The third-order valence-electron chi connectivity index (χ3n) is 4.59. The highest BCUT2D eigenvalue weighted by Crippen LogP contribution is 2.50. The maximum Gasteiger partial charge on any atom is 0.208 e. The molecule has 0 bridgehead atoms. The van der Waals surface area contributed by atoms with E-state index in [4.69, 9.17) is 32.8 Å². The van der Waals surface area contributed by atoms with Crippen LogP contribution in [0.3, 0.4) is 0 Å². The van der Waals surface area contributed by atoms with Gasteiger partial charge in [0.05, 0.1) is 48.2 Å². The molecule has 9 heteroatoms. The Bertz CT molecular complexity index is 1150. The Hall–Kier alpha value is -3.75. The molecule has 2 aromatic carbocycles. The molecule has 0 fully saturated rings. The van der Waals surface area contributed by atoms with Crippen LogP contribution in [0.15, 0.2) is 27.4 Å². The van der Waals surface area contributed by atoms with Crippen LogP contribution in [0.25, 0.3) is 22.3 Å². The van der Waals surface area contributed by atoms with Crippen molar-refractivity contribution in [3.8, 4) is 51.6 Å². The molecule has 3 rings (SSSR count). The zero-order chi connectivity index (χ0) is 22.0. The number of fused-ring (bicyclic) bond motifs is 1. The molecule has 3 aromatic rings. The summed E-state index contributed by atoms with van der Waals surface area (Å²) >= 11 is 0. The maximum atomic E-state index is 12.8. The Balaban J connectivity index is 2.39. The Morgan fingerprint density at radius 3 is 1.80 bits per heavy atom. The molecular formula is C21H22O9. The first kappa shape index (κ1) is 21.0. The van der Waals surface area contributed by atoms with Gasteiger partial charge in [-0.3, -0.25) is 4.79 Å². The number of benzene rings is 2. The molecule has 0 radical (unpaired) electrons. The van der Waals surface area contributed by atoms with Crippen molar-refractivity contribution in [3.63, 3.8) is 0 Å². The van der Waals surface area contributed by atoms with Crippen LogP contribution in [0, 0.1) is 0 Å². The number of phenolic OH excluding ortho intramolecular Hbond substituents is 1. The fraction of sp³-hybridized carbons (Fsp3) is 0.286. The van der Waals surface area contributed by atoms with Crippen LogP contribution in [-0.2, 0) is 0 Å². The molecule has 0 aliphatic heterocycles. The third kappa shape index (κ3) is 3.18. The van der Waals surface area contributed by atoms with Crippen molar-refractivity contribution in [1.82, 2.24) is 0 Å². The number of methoxy groups -OCH3 is 6. The first-order valence-electron chi connectivity index (χ1n) is 8.74. The van der Waals surface area contributed by atoms with Crippen LogP contribution < -0.4 is 33.8 Å². The average molecular weight is 418 g/mol. The van der Waals surface area contributed by atoms with Gasteiger partial charge in [-0.25, -0.2) is 0 Å². The lowest BCUT2D eigenvalue weighted by atomic mass is 10.1. The first-order valence-corrected chi connectivity index (χ1v) is 8.74. The summed E-state index contributed by atoms with van der Waals surface area (Å²) in [6, 6.07) is 4.30. The summed E-state index contributed by atoms with van der Waals surface area (Å²) in [5, 5.41) is 10.5. The molecule has 0 saturated heterocycles. The number of hydrogen-bond acceptors (Lipinski definition) is 9. The van der Waals surface area contributed by atoms with Crippen molar-refractivity contribution in [1.29, 1.82) is 0 Å². The highest BCUT2D eigenvalue weighted by molar-refractivity contribution is 5.90. The van der Waals surface area contributed by atoms with Crippen molar-refractivity contribution < 1.29 is 37.9 Å². The van der Waals surface area contributed by atoms with E-state index in [1.54, 1.807) is 6.07 Å². The standard InChI is InChI=1S/C21H22O9/c1-24-14-7-10(18(26-3)21(29-6)20(14)28-5)12-8-11(22)16-13(30-12)9-15(25-2)19(27-4)17(16)23/h7-9,23H,1-6H3. The number of ether oxygens (including phenoxy) is 6. The van der Waals surface area contributed by atoms with E-state index >= 15 is 0 Å². The van der Waals surface area contributed by atoms with E-state index in [0.717, 1.165) is 0 Å². The van der Waals surface area contributed by atoms with Gasteiger partial charge in [-0.15, -0.1) is 0 Å². The number of hydrogen-bond donors (Lipinski definition) is 1. The van der Waals surface area contributed by atoms with Crippen molar-refractivity contribution in [2.45, 2.75) is 0 Å². The first-order chi connectivity index (χ1) is 14.4. The monoisotopic (exact) mass is 418 g/mol. The Morgan fingerprint density at radius 1 is 0.700 bits per heavy atom. The van der Waals surface area contributed by atoms with E-state index in [1.807, 2.05) is 0 Å². The molecule has 30 heavy (non-hydrogen) atoms. The van der Waals surface area contributed by atoms with E-state index in [1.165, 1.54) is 54.8 Å². The van der Waals surface area contributed by atoms with Gasteiger partial charge in [0.15, 0.2) is 28.4 Å². The van der Waals surface area contributed by atoms with E-state index in [-0.39, 0.29) is 45.5 Å².